The predicted octanol–water partition coefficient (Wildman–Crippen LogP) is 5.56. The lowest BCUT2D eigenvalue weighted by molar-refractivity contribution is 0.175. The first-order chi connectivity index (χ1) is 10.6. The van der Waals surface area contributed by atoms with E-state index in [1.165, 1.54) is 0 Å². The van der Waals surface area contributed by atoms with E-state index in [2.05, 4.69) is 0 Å². The number of aryl methyl sites for hydroxylation is 1. The van der Waals surface area contributed by atoms with Crippen molar-refractivity contribution in [3.8, 4) is 0 Å². The van der Waals surface area contributed by atoms with Crippen molar-refractivity contribution in [1.29, 1.82) is 0 Å². The molecule has 2 aliphatic rings. The van der Waals surface area contributed by atoms with Gasteiger partial charge in [-0.25, -0.2) is 13.2 Å². The quantitative estimate of drug-likeness (QED) is 0.597. The molecule has 0 aliphatic heterocycles. The topological polar surface area (TPSA) is 0 Å². The standard InChI is InChI=1S/C19H15F3/c1-10-5-6-11-7-8-13-12-3-2-4-15(20)17(12)19(22)18(21)16(13)14(11)9-10/h2-3,5-9,15,18-19H,4H2,1H3. The number of hydrogen-bond donors (Lipinski definition) is 0. The van der Waals surface area contributed by atoms with Crippen molar-refractivity contribution in [3.63, 3.8) is 0 Å². The van der Waals surface area contributed by atoms with E-state index in [1.54, 1.807) is 18.2 Å². The highest BCUT2D eigenvalue weighted by atomic mass is 19.2. The average molecular weight is 300 g/mol. The third kappa shape index (κ3) is 1.78. The molecule has 0 N–H and O–H groups in total. The lowest BCUT2D eigenvalue weighted by atomic mass is 9.77. The summed E-state index contributed by atoms with van der Waals surface area (Å²) >= 11 is 0. The van der Waals surface area contributed by atoms with E-state index < -0.39 is 18.5 Å². The van der Waals surface area contributed by atoms with Gasteiger partial charge in [-0.1, -0.05) is 48.0 Å². The van der Waals surface area contributed by atoms with E-state index in [1.807, 2.05) is 31.2 Å². The second-order valence-corrected chi connectivity index (χ2v) is 6.03. The SMILES string of the molecule is Cc1ccc2ccc3c(c2c1)C(F)C(F)C1=C3C=CCC1F. The predicted molar refractivity (Wildman–Crippen MR) is 83.0 cm³/mol. The minimum absolute atomic E-state index is 0.0329. The molecule has 0 nitrogen and oxygen atoms in total. The van der Waals surface area contributed by atoms with Crippen molar-refractivity contribution in [2.45, 2.75) is 31.9 Å². The van der Waals surface area contributed by atoms with Gasteiger partial charge in [-0.2, -0.15) is 0 Å². The van der Waals surface area contributed by atoms with Gasteiger partial charge in [-0.3, -0.25) is 0 Å². The summed E-state index contributed by atoms with van der Waals surface area (Å²) in [7, 11) is 0. The van der Waals surface area contributed by atoms with Gasteiger partial charge in [0, 0.05) is 17.6 Å². The number of halogens is 3. The molecule has 4 rings (SSSR count). The Morgan fingerprint density at radius 1 is 1.00 bits per heavy atom. The summed E-state index contributed by atoms with van der Waals surface area (Å²) in [6, 6.07) is 9.39. The first kappa shape index (κ1) is 13.6. The summed E-state index contributed by atoms with van der Waals surface area (Å²) in [6.45, 7) is 1.92. The van der Waals surface area contributed by atoms with Gasteiger partial charge in [0.1, 0.15) is 6.17 Å². The van der Waals surface area contributed by atoms with Gasteiger partial charge < -0.3 is 0 Å². The molecule has 0 radical (unpaired) electrons. The maximum Gasteiger partial charge on any atom is 0.161 e. The minimum atomic E-state index is -1.91. The summed E-state index contributed by atoms with van der Waals surface area (Å²) in [5, 5.41) is 1.59. The van der Waals surface area contributed by atoms with Crippen molar-refractivity contribution in [3.05, 3.63) is 64.7 Å². The van der Waals surface area contributed by atoms with Crippen molar-refractivity contribution >= 4 is 16.3 Å². The Labute approximate surface area is 127 Å². The third-order valence-corrected chi connectivity index (χ3v) is 4.61. The molecule has 0 spiro atoms. The number of alkyl halides is 3. The molecule has 3 heteroatoms. The van der Waals surface area contributed by atoms with E-state index in [-0.39, 0.29) is 12.0 Å². The molecular weight excluding hydrogens is 285 g/mol. The Bertz CT molecular complexity index is 832. The monoisotopic (exact) mass is 300 g/mol. The molecule has 0 saturated heterocycles. The first-order valence-electron chi connectivity index (χ1n) is 7.44. The van der Waals surface area contributed by atoms with Crippen LogP contribution in [0.3, 0.4) is 0 Å². The van der Waals surface area contributed by atoms with E-state index in [0.717, 1.165) is 10.9 Å². The zero-order chi connectivity index (χ0) is 15.4. The zero-order valence-corrected chi connectivity index (χ0v) is 12.1. The van der Waals surface area contributed by atoms with Gasteiger partial charge in [0.2, 0.25) is 0 Å². The molecule has 0 aromatic heterocycles. The highest BCUT2D eigenvalue weighted by Crippen LogP contribution is 2.48. The van der Waals surface area contributed by atoms with Gasteiger partial charge >= 0.3 is 0 Å². The lowest BCUT2D eigenvalue weighted by Crippen LogP contribution is -2.27. The van der Waals surface area contributed by atoms with Crippen molar-refractivity contribution in [2.75, 3.05) is 0 Å². The van der Waals surface area contributed by atoms with Gasteiger partial charge in [-0.05, 0) is 28.8 Å². The molecule has 2 aromatic carbocycles. The summed E-state index contributed by atoms with van der Waals surface area (Å²) in [4.78, 5) is 0. The Morgan fingerprint density at radius 3 is 2.59 bits per heavy atom. The minimum Gasteiger partial charge on any atom is -0.242 e. The van der Waals surface area contributed by atoms with Crippen LogP contribution in [0.5, 0.6) is 0 Å². The molecule has 112 valence electrons. The highest BCUT2D eigenvalue weighted by molar-refractivity contribution is 5.95. The second kappa shape index (κ2) is 4.73. The number of hydrogen-bond acceptors (Lipinski definition) is 0. The van der Waals surface area contributed by atoms with Crippen LogP contribution in [0.4, 0.5) is 13.2 Å². The van der Waals surface area contributed by atoms with Gasteiger partial charge in [0.25, 0.3) is 0 Å². The smallest absolute Gasteiger partial charge is 0.161 e. The molecular formula is C19H15F3. The second-order valence-electron chi connectivity index (χ2n) is 6.03. The Hall–Kier alpha value is -2.03. The van der Waals surface area contributed by atoms with E-state index in [0.29, 0.717) is 22.1 Å². The molecule has 2 aromatic rings. The summed E-state index contributed by atoms with van der Waals surface area (Å²) in [5.74, 6) is 0. The molecule has 0 heterocycles. The highest BCUT2D eigenvalue weighted by Gasteiger charge is 2.40. The van der Waals surface area contributed by atoms with Crippen LogP contribution in [0.15, 0.2) is 48.1 Å². The summed E-state index contributed by atoms with van der Waals surface area (Å²) in [5.41, 5.74) is 2.44. The Kier molecular flexibility index (Phi) is 2.93. The fourth-order valence-electron chi connectivity index (χ4n) is 3.56. The Balaban J connectivity index is 2.08. The van der Waals surface area contributed by atoms with Crippen LogP contribution < -0.4 is 0 Å². The molecule has 0 amide bonds. The van der Waals surface area contributed by atoms with E-state index >= 15 is 0 Å². The fourth-order valence-corrected chi connectivity index (χ4v) is 3.56. The maximum absolute atomic E-state index is 14.8. The molecule has 3 atom stereocenters. The zero-order valence-electron chi connectivity index (χ0n) is 12.1. The Morgan fingerprint density at radius 2 is 1.77 bits per heavy atom. The van der Waals surface area contributed by atoms with Crippen LogP contribution in [0.2, 0.25) is 0 Å². The van der Waals surface area contributed by atoms with Gasteiger partial charge in [0.05, 0.1) is 0 Å². The normalized spacial score (nSPS) is 27.0. The van der Waals surface area contributed by atoms with Crippen LogP contribution in [-0.2, 0) is 0 Å². The molecule has 3 unspecified atom stereocenters. The van der Waals surface area contributed by atoms with Crippen molar-refractivity contribution < 1.29 is 13.2 Å². The molecule has 0 fully saturated rings. The van der Waals surface area contributed by atoms with Crippen LogP contribution in [0, 0.1) is 6.92 Å². The number of allylic oxidation sites excluding steroid dienone is 4. The van der Waals surface area contributed by atoms with E-state index in [4.69, 9.17) is 0 Å². The third-order valence-electron chi connectivity index (χ3n) is 4.61. The van der Waals surface area contributed by atoms with Crippen LogP contribution in [-0.4, -0.2) is 12.3 Å². The maximum atomic E-state index is 14.8. The largest absolute Gasteiger partial charge is 0.242 e. The van der Waals surface area contributed by atoms with Crippen LogP contribution in [0.25, 0.3) is 16.3 Å². The summed E-state index contributed by atoms with van der Waals surface area (Å²) in [6.07, 6.45) is -1.62. The van der Waals surface area contributed by atoms with Crippen LogP contribution >= 0.6 is 0 Å². The number of rotatable bonds is 0. The average Bonchev–Trinajstić information content (AvgIpc) is 2.51. The fraction of sp³-hybridized carbons (Fsp3) is 0.263. The lowest BCUT2D eigenvalue weighted by Gasteiger charge is -2.32. The number of benzene rings is 2. The van der Waals surface area contributed by atoms with E-state index in [9.17, 15) is 13.2 Å². The first-order valence-corrected chi connectivity index (χ1v) is 7.44. The van der Waals surface area contributed by atoms with Crippen LogP contribution in [0.1, 0.15) is 29.3 Å². The number of fused-ring (bicyclic) bond motifs is 4. The molecule has 22 heavy (non-hydrogen) atoms. The summed E-state index contributed by atoms with van der Waals surface area (Å²) < 4.78 is 43.4. The van der Waals surface area contributed by atoms with Gasteiger partial charge in [-0.15, -0.1) is 0 Å². The van der Waals surface area contributed by atoms with Crippen molar-refractivity contribution in [1.82, 2.24) is 0 Å². The van der Waals surface area contributed by atoms with Crippen molar-refractivity contribution in [2.24, 2.45) is 0 Å². The van der Waals surface area contributed by atoms with Gasteiger partial charge in [0.15, 0.2) is 12.3 Å². The molecule has 2 aliphatic carbocycles. The molecule has 0 saturated carbocycles. The molecule has 0 bridgehead atoms.